The molecule has 0 amide bonds. The number of allylic oxidation sites excluding steroid dienone is 6. The molecule has 3 heteroatoms. The van der Waals surface area contributed by atoms with E-state index in [1.165, 1.54) is 94.2 Å². The van der Waals surface area contributed by atoms with E-state index >= 15 is 0 Å². The topological polar surface area (TPSA) is 22.2 Å². The van der Waals surface area contributed by atoms with E-state index in [1.54, 1.807) is 0 Å². The highest BCUT2D eigenvalue weighted by molar-refractivity contribution is 6.14. The van der Waals surface area contributed by atoms with Crippen molar-refractivity contribution in [3.8, 4) is 16.8 Å². The number of para-hydroxylation sites is 1. The van der Waals surface area contributed by atoms with E-state index in [0.29, 0.717) is 0 Å². The minimum Gasteiger partial charge on any atom is -0.317 e. The molecule has 0 bridgehead atoms. The molecule has 0 fully saturated rings. The fourth-order valence-electron chi connectivity index (χ4n) is 10.2. The largest absolute Gasteiger partial charge is 0.317 e. The second-order valence-electron chi connectivity index (χ2n) is 16.9. The summed E-state index contributed by atoms with van der Waals surface area (Å²) in [6.45, 7) is 0. The minimum absolute atomic E-state index is 0.120. The molecule has 0 saturated carbocycles. The van der Waals surface area contributed by atoms with Crippen molar-refractivity contribution in [2.75, 3.05) is 0 Å². The Morgan fingerprint density at radius 1 is 0.452 bits per heavy atom. The fraction of sp³-hybridized carbons (Fsp3) is 0.102. The number of hydrogen-bond donors (Lipinski definition) is 0. The Kier molecular flexibility index (Phi) is 8.92. The van der Waals surface area contributed by atoms with Crippen molar-refractivity contribution >= 4 is 61.2 Å². The number of hydrogen-bond acceptors (Lipinski definition) is 1. The van der Waals surface area contributed by atoms with E-state index < -0.39 is 0 Å². The van der Waals surface area contributed by atoms with Crippen molar-refractivity contribution in [3.63, 3.8) is 0 Å². The van der Waals surface area contributed by atoms with Crippen LogP contribution < -0.4 is 0 Å². The van der Waals surface area contributed by atoms with Gasteiger partial charge in [0.2, 0.25) is 0 Å². The van der Waals surface area contributed by atoms with Crippen LogP contribution in [0.5, 0.6) is 0 Å². The molecule has 2 aromatic heterocycles. The highest BCUT2D eigenvalue weighted by Crippen LogP contribution is 2.43. The molecule has 62 heavy (non-hydrogen) atoms. The van der Waals surface area contributed by atoms with Crippen molar-refractivity contribution in [3.05, 3.63) is 234 Å². The van der Waals surface area contributed by atoms with Crippen molar-refractivity contribution in [2.45, 2.75) is 38.3 Å². The number of rotatable bonds is 7. The van der Waals surface area contributed by atoms with Crippen LogP contribution in [0.25, 0.3) is 72.3 Å². The molecule has 3 nitrogen and oxygen atoms in total. The molecule has 0 saturated heterocycles. The standard InChI is InChI=1S/C59H45N3/c1-6-16-40(17-7-1)44-26-30-55-50(34-44)51-36-46(28-31-56(51)61(55)49-24-14-5-15-25-49)47-29-33-58-53(37-47)52-35-45(41-18-8-2-9-19-41)27-32-57(52)62(58)59-39-48(42-20-10-3-11-21-42)38-54(60-59)43-22-12-4-13-23-43/h1-8,10-18,20-25,27-29,31-38,59H,9,19,26,30,39H2. The highest BCUT2D eigenvalue weighted by atomic mass is 15.1. The molecule has 0 spiro atoms. The molecule has 3 heterocycles. The fourth-order valence-corrected chi connectivity index (χ4v) is 10.2. The number of nitrogens with zero attached hydrogens (tertiary/aromatic N) is 3. The second-order valence-corrected chi connectivity index (χ2v) is 16.9. The summed E-state index contributed by atoms with van der Waals surface area (Å²) in [5.74, 6) is 0. The van der Waals surface area contributed by atoms with Gasteiger partial charge in [0.1, 0.15) is 6.17 Å². The number of aliphatic imine (C=N–C) groups is 1. The maximum absolute atomic E-state index is 5.57. The van der Waals surface area contributed by atoms with Gasteiger partial charge in [-0.05, 0) is 136 Å². The number of fused-ring (bicyclic) bond motifs is 6. The van der Waals surface area contributed by atoms with Crippen LogP contribution in [-0.4, -0.2) is 14.8 Å². The molecule has 0 radical (unpaired) electrons. The average molecular weight is 796 g/mol. The number of dihydropyridines is 1. The normalized spacial score (nSPS) is 16.2. The first-order chi connectivity index (χ1) is 30.7. The molecule has 296 valence electrons. The van der Waals surface area contributed by atoms with Gasteiger partial charge in [0.05, 0.1) is 22.3 Å². The van der Waals surface area contributed by atoms with Gasteiger partial charge >= 0.3 is 0 Å². The molecule has 12 rings (SSSR count). The zero-order valence-corrected chi connectivity index (χ0v) is 34.6. The summed E-state index contributed by atoms with van der Waals surface area (Å²) in [6, 6.07) is 64.6. The third-order valence-electron chi connectivity index (χ3n) is 13.3. The molecule has 1 atom stereocenters. The molecule has 1 aliphatic heterocycles. The summed E-state index contributed by atoms with van der Waals surface area (Å²) in [5.41, 5.74) is 20.1. The number of aromatic nitrogens is 2. The van der Waals surface area contributed by atoms with Gasteiger partial charge < -0.3 is 9.13 Å². The first kappa shape index (κ1) is 36.4. The molecule has 9 aromatic rings. The van der Waals surface area contributed by atoms with Gasteiger partial charge in [0, 0.05) is 39.5 Å². The van der Waals surface area contributed by atoms with E-state index in [0.717, 1.165) is 43.4 Å². The van der Waals surface area contributed by atoms with Crippen LogP contribution in [0.15, 0.2) is 205 Å². The van der Waals surface area contributed by atoms with Crippen LogP contribution in [-0.2, 0) is 6.42 Å². The lowest BCUT2D eigenvalue weighted by Gasteiger charge is -2.25. The maximum Gasteiger partial charge on any atom is 0.130 e. The van der Waals surface area contributed by atoms with Crippen LogP contribution in [0.3, 0.4) is 0 Å². The molecule has 3 aliphatic rings. The van der Waals surface area contributed by atoms with Crippen LogP contribution in [0.4, 0.5) is 0 Å². The highest BCUT2D eigenvalue weighted by Gasteiger charge is 2.26. The first-order valence-corrected chi connectivity index (χ1v) is 22.1. The van der Waals surface area contributed by atoms with Crippen LogP contribution in [0, 0.1) is 0 Å². The molecular formula is C59H45N3. The summed E-state index contributed by atoms with van der Waals surface area (Å²) >= 11 is 0. The first-order valence-electron chi connectivity index (χ1n) is 22.1. The van der Waals surface area contributed by atoms with Crippen LogP contribution in [0.2, 0.25) is 0 Å². The predicted molar refractivity (Wildman–Crippen MR) is 262 cm³/mol. The molecular weight excluding hydrogens is 751 g/mol. The molecule has 7 aromatic carbocycles. The van der Waals surface area contributed by atoms with Crippen LogP contribution in [0.1, 0.15) is 65.4 Å². The van der Waals surface area contributed by atoms with Gasteiger partial charge in [-0.2, -0.15) is 0 Å². The summed E-state index contributed by atoms with van der Waals surface area (Å²) in [5, 5.41) is 3.82. The van der Waals surface area contributed by atoms with Gasteiger partial charge in [-0.25, -0.2) is 0 Å². The quantitative estimate of drug-likeness (QED) is 0.153. The number of benzene rings is 7. The molecule has 1 unspecified atom stereocenters. The smallest absolute Gasteiger partial charge is 0.130 e. The van der Waals surface area contributed by atoms with Crippen molar-refractivity contribution < 1.29 is 0 Å². The monoisotopic (exact) mass is 795 g/mol. The Labute approximate surface area is 362 Å². The summed E-state index contributed by atoms with van der Waals surface area (Å²) in [6.07, 6.45) is 16.3. The Balaban J connectivity index is 1.05. The zero-order valence-electron chi connectivity index (χ0n) is 34.6. The maximum atomic E-state index is 5.57. The van der Waals surface area contributed by atoms with E-state index in [2.05, 4.69) is 215 Å². The van der Waals surface area contributed by atoms with E-state index in [4.69, 9.17) is 4.99 Å². The van der Waals surface area contributed by atoms with E-state index in [-0.39, 0.29) is 6.17 Å². The van der Waals surface area contributed by atoms with Crippen molar-refractivity contribution in [1.82, 2.24) is 9.13 Å². The predicted octanol–water partition coefficient (Wildman–Crippen LogP) is 15.1. The Bertz CT molecular complexity index is 3340. The molecule has 0 N–H and O–H groups in total. The third kappa shape index (κ3) is 6.32. The lowest BCUT2D eigenvalue weighted by atomic mass is 9.90. The Hall–Kier alpha value is -7.49. The third-order valence-corrected chi connectivity index (χ3v) is 13.3. The van der Waals surface area contributed by atoms with Gasteiger partial charge in [-0.1, -0.05) is 146 Å². The lowest BCUT2D eigenvalue weighted by Crippen LogP contribution is -2.15. The van der Waals surface area contributed by atoms with Crippen molar-refractivity contribution in [1.29, 1.82) is 0 Å². The lowest BCUT2D eigenvalue weighted by molar-refractivity contribution is 0.568. The van der Waals surface area contributed by atoms with E-state index in [9.17, 15) is 0 Å². The zero-order chi connectivity index (χ0) is 41.0. The van der Waals surface area contributed by atoms with E-state index in [1.807, 2.05) is 0 Å². The van der Waals surface area contributed by atoms with Gasteiger partial charge in [0.25, 0.3) is 0 Å². The molecule has 2 aliphatic carbocycles. The van der Waals surface area contributed by atoms with Gasteiger partial charge in [-0.3, -0.25) is 4.99 Å². The van der Waals surface area contributed by atoms with Gasteiger partial charge in [-0.15, -0.1) is 0 Å². The summed E-state index contributed by atoms with van der Waals surface area (Å²) in [7, 11) is 0. The summed E-state index contributed by atoms with van der Waals surface area (Å²) < 4.78 is 5.01. The minimum atomic E-state index is -0.120. The second kappa shape index (κ2) is 15.2. The Morgan fingerprint density at radius 3 is 1.69 bits per heavy atom. The Morgan fingerprint density at radius 2 is 1.03 bits per heavy atom. The summed E-state index contributed by atoms with van der Waals surface area (Å²) in [4.78, 5) is 5.57. The average Bonchev–Trinajstić information content (AvgIpc) is 3.86. The SMILES string of the molecule is C1=CCCC(c2ccc3c(c2)c2cc(-c4ccc5c(c4)c4c(n5-c5ccccc5)CCC(c5ccccc5)=C4)ccc2n3C2CC(c3ccccc3)=CC(c3ccccc3)=N2)=C1. The van der Waals surface area contributed by atoms with Gasteiger partial charge in [0.15, 0.2) is 0 Å². The van der Waals surface area contributed by atoms with Crippen molar-refractivity contribution in [2.24, 2.45) is 4.99 Å². The van der Waals surface area contributed by atoms with Crippen LogP contribution >= 0.6 is 0 Å².